The van der Waals surface area contributed by atoms with Gasteiger partial charge >= 0.3 is 0 Å². The van der Waals surface area contributed by atoms with E-state index in [9.17, 15) is 8.42 Å². The molecule has 0 amide bonds. The molecule has 1 N–H and O–H groups in total. The van der Waals surface area contributed by atoms with E-state index in [4.69, 9.17) is 5.11 Å². The molecular formula is C14H19N3O3S. The Kier molecular flexibility index (Phi) is 4.76. The van der Waals surface area contributed by atoms with Gasteiger partial charge in [0.15, 0.2) is 0 Å². The molecule has 1 aromatic carbocycles. The van der Waals surface area contributed by atoms with Gasteiger partial charge in [-0.3, -0.25) is 4.68 Å². The molecule has 7 heteroatoms. The van der Waals surface area contributed by atoms with Gasteiger partial charge in [-0.1, -0.05) is 37.3 Å². The first-order chi connectivity index (χ1) is 10.0. The predicted molar refractivity (Wildman–Crippen MR) is 80.2 cm³/mol. The summed E-state index contributed by atoms with van der Waals surface area (Å²) in [6, 6.07) is 9.19. The van der Waals surface area contributed by atoms with Crippen LogP contribution >= 0.6 is 0 Å². The van der Waals surface area contributed by atoms with Gasteiger partial charge in [-0.05, 0) is 0 Å². The Labute approximate surface area is 124 Å². The highest BCUT2D eigenvalue weighted by atomic mass is 32.2. The molecule has 0 saturated heterocycles. The SMILES string of the molecule is CCN(CCO)S(=O)(=O)c1cn(C)nc1-c1ccccc1. The molecule has 2 aromatic rings. The highest BCUT2D eigenvalue weighted by molar-refractivity contribution is 7.89. The first-order valence-electron chi connectivity index (χ1n) is 6.70. The van der Waals surface area contributed by atoms with Crippen molar-refractivity contribution in [3.8, 4) is 11.3 Å². The van der Waals surface area contributed by atoms with E-state index in [1.807, 2.05) is 30.3 Å². The average Bonchev–Trinajstić information content (AvgIpc) is 2.88. The summed E-state index contributed by atoms with van der Waals surface area (Å²) in [6.45, 7) is 1.90. The van der Waals surface area contributed by atoms with Crippen molar-refractivity contribution in [1.29, 1.82) is 0 Å². The maximum atomic E-state index is 12.7. The second-order valence-corrected chi connectivity index (χ2v) is 6.51. The van der Waals surface area contributed by atoms with Crippen molar-refractivity contribution in [2.24, 2.45) is 7.05 Å². The number of rotatable bonds is 6. The van der Waals surface area contributed by atoms with Gasteiger partial charge in [0.1, 0.15) is 10.6 Å². The molecule has 0 aliphatic heterocycles. The third kappa shape index (κ3) is 3.15. The smallest absolute Gasteiger partial charge is 0.246 e. The van der Waals surface area contributed by atoms with Crippen LogP contribution in [0.3, 0.4) is 0 Å². The van der Waals surface area contributed by atoms with Crippen LogP contribution in [-0.2, 0) is 17.1 Å². The fourth-order valence-corrected chi connectivity index (χ4v) is 3.78. The largest absolute Gasteiger partial charge is 0.395 e. The molecule has 0 saturated carbocycles. The van der Waals surface area contributed by atoms with Gasteiger partial charge in [0.2, 0.25) is 10.0 Å². The number of likely N-dealkylation sites (N-methyl/N-ethyl adjacent to an activating group) is 1. The summed E-state index contributed by atoms with van der Waals surface area (Å²) in [5.74, 6) is 0. The van der Waals surface area contributed by atoms with Crippen LogP contribution in [0.25, 0.3) is 11.3 Å². The van der Waals surface area contributed by atoms with Crippen LogP contribution in [0.1, 0.15) is 6.92 Å². The lowest BCUT2D eigenvalue weighted by atomic mass is 10.2. The lowest BCUT2D eigenvalue weighted by Crippen LogP contribution is -2.33. The summed E-state index contributed by atoms with van der Waals surface area (Å²) in [6.07, 6.45) is 1.50. The first kappa shape index (κ1) is 15.7. The molecule has 1 heterocycles. The molecule has 2 rings (SSSR count). The molecule has 6 nitrogen and oxygen atoms in total. The molecule has 0 unspecified atom stereocenters. The second-order valence-electron chi connectivity index (χ2n) is 4.60. The van der Waals surface area contributed by atoms with Crippen LogP contribution in [0.5, 0.6) is 0 Å². The van der Waals surface area contributed by atoms with Gasteiger partial charge in [0.25, 0.3) is 0 Å². The molecule has 1 aromatic heterocycles. The Morgan fingerprint density at radius 2 is 1.95 bits per heavy atom. The summed E-state index contributed by atoms with van der Waals surface area (Å²) < 4.78 is 28.2. The van der Waals surface area contributed by atoms with Crippen LogP contribution in [-0.4, -0.2) is 47.3 Å². The van der Waals surface area contributed by atoms with Crippen LogP contribution < -0.4 is 0 Å². The number of hydrogen-bond acceptors (Lipinski definition) is 4. The van der Waals surface area contributed by atoms with E-state index in [2.05, 4.69) is 5.10 Å². The molecule has 21 heavy (non-hydrogen) atoms. The van der Waals surface area contributed by atoms with Crippen molar-refractivity contribution in [3.63, 3.8) is 0 Å². The van der Waals surface area contributed by atoms with Gasteiger partial charge < -0.3 is 5.11 Å². The van der Waals surface area contributed by atoms with E-state index in [-0.39, 0.29) is 18.0 Å². The van der Waals surface area contributed by atoms with E-state index in [0.29, 0.717) is 12.2 Å². The van der Waals surface area contributed by atoms with Crippen LogP contribution in [0.4, 0.5) is 0 Å². The lowest BCUT2D eigenvalue weighted by Gasteiger charge is -2.19. The predicted octanol–water partition coefficient (Wildman–Crippen LogP) is 1.09. The number of nitrogens with zero attached hydrogens (tertiary/aromatic N) is 3. The standard InChI is InChI=1S/C14H19N3O3S/c1-3-17(9-10-18)21(19,20)13-11-16(2)15-14(13)12-7-5-4-6-8-12/h4-8,11,18H,3,9-10H2,1-2H3. The minimum atomic E-state index is -3.68. The molecule has 0 bridgehead atoms. The van der Waals surface area contributed by atoms with Crippen molar-refractivity contribution >= 4 is 10.0 Å². The Morgan fingerprint density at radius 3 is 2.52 bits per heavy atom. The van der Waals surface area contributed by atoms with Gasteiger partial charge in [-0.15, -0.1) is 0 Å². The third-order valence-electron chi connectivity index (χ3n) is 3.16. The minimum absolute atomic E-state index is 0.0714. The van der Waals surface area contributed by atoms with Crippen molar-refractivity contribution in [3.05, 3.63) is 36.5 Å². The van der Waals surface area contributed by atoms with Crippen LogP contribution in [0.15, 0.2) is 41.4 Å². The highest BCUT2D eigenvalue weighted by Gasteiger charge is 2.28. The van der Waals surface area contributed by atoms with Gasteiger partial charge in [0, 0.05) is 31.9 Å². The number of aliphatic hydroxyl groups is 1. The van der Waals surface area contributed by atoms with E-state index >= 15 is 0 Å². The third-order valence-corrected chi connectivity index (χ3v) is 5.14. The summed E-state index contributed by atoms with van der Waals surface area (Å²) in [5.41, 5.74) is 1.17. The Bertz CT molecular complexity index is 696. The summed E-state index contributed by atoms with van der Waals surface area (Å²) in [4.78, 5) is 0.159. The summed E-state index contributed by atoms with van der Waals surface area (Å²) >= 11 is 0. The van der Waals surface area contributed by atoms with E-state index in [1.165, 1.54) is 15.2 Å². The summed E-state index contributed by atoms with van der Waals surface area (Å²) in [7, 11) is -1.99. The van der Waals surface area contributed by atoms with E-state index in [1.54, 1.807) is 14.0 Å². The number of sulfonamides is 1. The minimum Gasteiger partial charge on any atom is -0.395 e. The Morgan fingerprint density at radius 1 is 1.29 bits per heavy atom. The molecule has 114 valence electrons. The maximum absolute atomic E-state index is 12.7. The topological polar surface area (TPSA) is 75.4 Å². The summed E-state index contributed by atoms with van der Waals surface area (Å²) in [5, 5.41) is 13.3. The zero-order valence-corrected chi connectivity index (χ0v) is 12.9. The second kappa shape index (κ2) is 6.38. The fraction of sp³-hybridized carbons (Fsp3) is 0.357. The monoisotopic (exact) mass is 309 g/mol. The average molecular weight is 309 g/mol. The molecule has 0 radical (unpaired) electrons. The van der Waals surface area contributed by atoms with Crippen LogP contribution in [0.2, 0.25) is 0 Å². The number of aliphatic hydroxyl groups excluding tert-OH is 1. The maximum Gasteiger partial charge on any atom is 0.246 e. The van der Waals surface area contributed by atoms with Crippen molar-refractivity contribution in [1.82, 2.24) is 14.1 Å². The van der Waals surface area contributed by atoms with Gasteiger partial charge in [-0.2, -0.15) is 9.40 Å². The highest BCUT2D eigenvalue weighted by Crippen LogP contribution is 2.27. The number of aryl methyl sites for hydroxylation is 1. The molecular weight excluding hydrogens is 290 g/mol. The molecule has 0 atom stereocenters. The van der Waals surface area contributed by atoms with Gasteiger partial charge in [0.05, 0.1) is 6.61 Å². The first-order valence-corrected chi connectivity index (χ1v) is 8.14. The zero-order chi connectivity index (χ0) is 15.5. The Hall–Kier alpha value is -1.70. The van der Waals surface area contributed by atoms with Crippen molar-refractivity contribution in [2.75, 3.05) is 19.7 Å². The Balaban J connectivity index is 2.54. The van der Waals surface area contributed by atoms with E-state index < -0.39 is 10.0 Å². The van der Waals surface area contributed by atoms with Crippen LogP contribution in [0, 0.1) is 0 Å². The number of benzene rings is 1. The van der Waals surface area contributed by atoms with Crippen molar-refractivity contribution < 1.29 is 13.5 Å². The molecule has 0 fully saturated rings. The number of hydrogen-bond donors (Lipinski definition) is 1. The molecule has 0 spiro atoms. The van der Waals surface area contributed by atoms with Crippen molar-refractivity contribution in [2.45, 2.75) is 11.8 Å². The number of aromatic nitrogens is 2. The lowest BCUT2D eigenvalue weighted by molar-refractivity contribution is 0.257. The van der Waals surface area contributed by atoms with E-state index in [0.717, 1.165) is 5.56 Å². The zero-order valence-electron chi connectivity index (χ0n) is 12.1. The fourth-order valence-electron chi connectivity index (χ4n) is 2.15. The molecule has 0 aliphatic rings. The normalized spacial score (nSPS) is 12.0. The van der Waals surface area contributed by atoms with Gasteiger partial charge in [-0.25, -0.2) is 8.42 Å². The molecule has 0 aliphatic carbocycles. The quantitative estimate of drug-likeness (QED) is 0.866.